The zero-order chi connectivity index (χ0) is 24.0. The van der Waals surface area contributed by atoms with E-state index in [2.05, 4.69) is 5.10 Å². The highest BCUT2D eigenvalue weighted by Gasteiger charge is 2.50. The molecule has 2 aromatic rings. The fourth-order valence-corrected chi connectivity index (χ4v) is 4.25. The summed E-state index contributed by atoms with van der Waals surface area (Å²) in [5.41, 5.74) is 1.64. The summed E-state index contributed by atoms with van der Waals surface area (Å²) >= 11 is 0. The van der Waals surface area contributed by atoms with Crippen molar-refractivity contribution in [3.05, 3.63) is 52.8 Å². The second-order valence-electron chi connectivity index (χ2n) is 9.59. The number of fused-ring (bicyclic) bond motifs is 1. The lowest BCUT2D eigenvalue weighted by Crippen LogP contribution is -2.43. The number of benzene rings is 1. The Balaban J connectivity index is 1.53. The van der Waals surface area contributed by atoms with Gasteiger partial charge in [0.15, 0.2) is 0 Å². The van der Waals surface area contributed by atoms with Gasteiger partial charge < -0.3 is 19.3 Å². The molecule has 1 fully saturated rings. The maximum atomic E-state index is 13.5. The number of nitrogens with zero attached hydrogens (tertiary/aromatic N) is 4. The van der Waals surface area contributed by atoms with Gasteiger partial charge in [0.2, 0.25) is 0 Å². The Morgan fingerprint density at radius 1 is 1.09 bits per heavy atom. The van der Waals surface area contributed by atoms with Crippen LogP contribution in [-0.4, -0.2) is 63.9 Å². The zero-order valence-electron chi connectivity index (χ0n) is 19.8. The van der Waals surface area contributed by atoms with Crippen LogP contribution in [-0.2, 0) is 28.1 Å². The smallest absolute Gasteiger partial charge is 0.410 e. The average Bonchev–Trinajstić information content (AvgIpc) is 3.49. The second-order valence-corrected chi connectivity index (χ2v) is 9.59. The molecule has 1 saturated carbocycles. The maximum absolute atomic E-state index is 13.5. The molecule has 0 N–H and O–H groups in total. The predicted molar refractivity (Wildman–Crippen MR) is 120 cm³/mol. The lowest BCUT2D eigenvalue weighted by atomic mass is 10.0. The Bertz CT molecular complexity index is 1080. The van der Waals surface area contributed by atoms with E-state index in [1.54, 1.807) is 39.9 Å². The van der Waals surface area contributed by atoms with Crippen molar-refractivity contribution in [1.82, 2.24) is 19.6 Å². The van der Waals surface area contributed by atoms with Gasteiger partial charge in [0.05, 0.1) is 48.8 Å². The highest BCUT2D eigenvalue weighted by molar-refractivity contribution is 5.96. The summed E-state index contributed by atoms with van der Waals surface area (Å²) in [7, 11) is 3.14. The molecule has 1 aliphatic carbocycles. The Morgan fingerprint density at radius 3 is 2.33 bits per heavy atom. The minimum atomic E-state index is -0.588. The maximum Gasteiger partial charge on any atom is 0.410 e. The summed E-state index contributed by atoms with van der Waals surface area (Å²) in [4.78, 5) is 41.2. The molecule has 1 aromatic heterocycles. The van der Waals surface area contributed by atoms with Crippen molar-refractivity contribution in [2.45, 2.75) is 57.8 Å². The Kier molecular flexibility index (Phi) is 5.67. The average molecular weight is 455 g/mol. The normalized spacial score (nSPS) is 16.6. The molecule has 0 radical (unpaired) electrons. The van der Waals surface area contributed by atoms with Crippen LogP contribution < -0.4 is 0 Å². The first kappa shape index (κ1) is 22.8. The molecule has 1 aliphatic heterocycles. The molecule has 0 saturated heterocycles. The summed E-state index contributed by atoms with van der Waals surface area (Å²) in [6.07, 6.45) is 2.86. The highest BCUT2D eigenvalue weighted by Crippen LogP contribution is 2.51. The molecule has 0 unspecified atom stereocenters. The van der Waals surface area contributed by atoms with Gasteiger partial charge in [-0.25, -0.2) is 9.59 Å². The predicted octanol–water partition coefficient (Wildman–Crippen LogP) is 3.18. The Labute approximate surface area is 193 Å². The molecule has 4 rings (SSSR count). The lowest BCUT2D eigenvalue weighted by Gasteiger charge is -2.32. The minimum Gasteiger partial charge on any atom is -0.465 e. The molecular weight excluding hydrogens is 424 g/mol. The molecule has 1 aromatic carbocycles. The van der Waals surface area contributed by atoms with Crippen LogP contribution in [0.25, 0.3) is 0 Å². The van der Waals surface area contributed by atoms with Crippen molar-refractivity contribution in [3.63, 3.8) is 0 Å². The number of rotatable bonds is 4. The molecule has 0 atom stereocenters. The quantitative estimate of drug-likeness (QED) is 0.659. The van der Waals surface area contributed by atoms with E-state index in [9.17, 15) is 14.4 Å². The van der Waals surface area contributed by atoms with E-state index in [1.165, 1.54) is 7.11 Å². The van der Waals surface area contributed by atoms with E-state index in [1.807, 2.05) is 32.9 Å². The Hall–Kier alpha value is -3.36. The fraction of sp³-hybridized carbons (Fsp3) is 0.500. The van der Waals surface area contributed by atoms with E-state index in [0.29, 0.717) is 29.9 Å². The largest absolute Gasteiger partial charge is 0.465 e. The number of esters is 1. The van der Waals surface area contributed by atoms with Gasteiger partial charge in [-0.05, 0) is 51.3 Å². The summed E-state index contributed by atoms with van der Waals surface area (Å²) in [6.45, 7) is 6.74. The van der Waals surface area contributed by atoms with Crippen LogP contribution in [0.3, 0.4) is 0 Å². The third-order valence-electron chi connectivity index (χ3n) is 6.27. The number of methoxy groups -OCH3 is 1. The van der Waals surface area contributed by atoms with Crippen LogP contribution in [0.2, 0.25) is 0 Å². The molecule has 9 nitrogen and oxygen atoms in total. The minimum absolute atomic E-state index is 0.142. The third kappa shape index (κ3) is 4.31. The number of hydrogen-bond donors (Lipinski definition) is 0. The van der Waals surface area contributed by atoms with Gasteiger partial charge in [0.25, 0.3) is 5.91 Å². The SMILES string of the molecule is COC(=O)c1ccc(C2(N(C)C(=O)c3cnn4c3CN(C(=O)OC(C)(C)C)CC4)CC2)cc1. The first-order valence-corrected chi connectivity index (χ1v) is 11.1. The molecule has 2 heterocycles. The van der Waals surface area contributed by atoms with Crippen molar-refractivity contribution in [3.8, 4) is 0 Å². The molecule has 9 heteroatoms. The van der Waals surface area contributed by atoms with Gasteiger partial charge in [-0.15, -0.1) is 0 Å². The van der Waals surface area contributed by atoms with Crippen molar-refractivity contribution in [2.75, 3.05) is 20.7 Å². The standard InChI is InChI=1S/C24H30N4O5/c1-23(2,3)33-22(31)27-12-13-28-19(15-27)18(14-25-28)20(29)26(4)24(10-11-24)17-8-6-16(7-9-17)21(30)32-5/h6-9,14H,10-13,15H2,1-5H3. The first-order chi connectivity index (χ1) is 15.6. The summed E-state index contributed by atoms with van der Waals surface area (Å²) in [5.74, 6) is -0.534. The number of carbonyl (C=O) groups is 3. The van der Waals surface area contributed by atoms with Crippen LogP contribution >= 0.6 is 0 Å². The summed E-state index contributed by atoms with van der Waals surface area (Å²) in [5, 5.41) is 4.38. The van der Waals surface area contributed by atoms with Gasteiger partial charge in [-0.2, -0.15) is 5.10 Å². The zero-order valence-corrected chi connectivity index (χ0v) is 19.8. The molecule has 2 aliphatic rings. The van der Waals surface area contributed by atoms with Crippen LogP contribution in [0.15, 0.2) is 30.5 Å². The number of aromatic nitrogens is 2. The van der Waals surface area contributed by atoms with Crippen molar-refractivity contribution >= 4 is 18.0 Å². The second kappa shape index (κ2) is 8.20. The lowest BCUT2D eigenvalue weighted by molar-refractivity contribution is 0.0192. The molecule has 2 amide bonds. The Morgan fingerprint density at radius 2 is 1.76 bits per heavy atom. The van der Waals surface area contributed by atoms with Crippen LogP contribution in [0.1, 0.15) is 65.6 Å². The van der Waals surface area contributed by atoms with Gasteiger partial charge in [0.1, 0.15) is 5.60 Å². The van der Waals surface area contributed by atoms with Crippen molar-refractivity contribution in [1.29, 1.82) is 0 Å². The summed E-state index contributed by atoms with van der Waals surface area (Å²) in [6, 6.07) is 7.20. The first-order valence-electron chi connectivity index (χ1n) is 11.1. The number of ether oxygens (including phenoxy) is 2. The third-order valence-corrected chi connectivity index (χ3v) is 6.27. The van der Waals surface area contributed by atoms with E-state index in [4.69, 9.17) is 9.47 Å². The number of amides is 2. The van der Waals surface area contributed by atoms with E-state index in [-0.39, 0.29) is 12.5 Å². The molecule has 176 valence electrons. The van der Waals surface area contributed by atoms with Crippen LogP contribution in [0.4, 0.5) is 4.79 Å². The topological polar surface area (TPSA) is 94.0 Å². The number of carbonyl (C=O) groups excluding carboxylic acids is 3. The summed E-state index contributed by atoms with van der Waals surface area (Å²) < 4.78 is 12.1. The van der Waals surface area contributed by atoms with Gasteiger partial charge >= 0.3 is 12.1 Å². The van der Waals surface area contributed by atoms with Gasteiger partial charge in [-0.3, -0.25) is 9.48 Å². The molecule has 33 heavy (non-hydrogen) atoms. The molecule has 0 bridgehead atoms. The van der Waals surface area contributed by atoms with Crippen LogP contribution in [0.5, 0.6) is 0 Å². The van der Waals surface area contributed by atoms with Gasteiger partial charge in [0, 0.05) is 13.6 Å². The number of hydrogen-bond acceptors (Lipinski definition) is 6. The van der Waals surface area contributed by atoms with E-state index < -0.39 is 23.2 Å². The van der Waals surface area contributed by atoms with E-state index in [0.717, 1.165) is 18.4 Å². The fourth-order valence-electron chi connectivity index (χ4n) is 4.25. The molecular formula is C24H30N4O5. The van der Waals surface area contributed by atoms with Crippen molar-refractivity contribution < 1.29 is 23.9 Å². The molecule has 0 spiro atoms. The van der Waals surface area contributed by atoms with Gasteiger partial charge in [-0.1, -0.05) is 12.1 Å². The van der Waals surface area contributed by atoms with Crippen molar-refractivity contribution in [2.24, 2.45) is 0 Å². The monoisotopic (exact) mass is 454 g/mol. The van der Waals surface area contributed by atoms with E-state index >= 15 is 0 Å². The van der Waals surface area contributed by atoms with Crippen LogP contribution in [0, 0.1) is 0 Å². The highest BCUT2D eigenvalue weighted by atomic mass is 16.6.